The van der Waals surface area contributed by atoms with Crippen molar-refractivity contribution in [1.29, 1.82) is 0 Å². The predicted octanol–water partition coefficient (Wildman–Crippen LogP) is 5.31. The molecule has 0 spiro atoms. The number of likely N-dealkylation sites (N-methyl/N-ethyl adjacent to an activating group) is 1. The van der Waals surface area contributed by atoms with Crippen LogP contribution in [0.2, 0.25) is 0 Å². The fourth-order valence-corrected chi connectivity index (χ4v) is 4.79. The molecule has 0 unspecified atom stereocenters. The van der Waals surface area contributed by atoms with Crippen LogP contribution in [0.4, 0.5) is 5.82 Å². The van der Waals surface area contributed by atoms with Crippen LogP contribution in [0, 0.1) is 0 Å². The van der Waals surface area contributed by atoms with Crippen LogP contribution in [0.15, 0.2) is 71.3 Å². The number of nitrogens with one attached hydrogen (secondary N) is 1. The van der Waals surface area contributed by atoms with Crippen molar-refractivity contribution in [3.8, 4) is 11.3 Å². The molecule has 36 heavy (non-hydrogen) atoms. The number of pyridine rings is 1. The van der Waals surface area contributed by atoms with E-state index in [1.807, 2.05) is 88.5 Å². The highest BCUT2D eigenvalue weighted by molar-refractivity contribution is 7.84. The first kappa shape index (κ1) is 26.0. The van der Waals surface area contributed by atoms with Gasteiger partial charge in [-0.25, -0.2) is 13.9 Å². The quantitative estimate of drug-likeness (QED) is 0.314. The van der Waals surface area contributed by atoms with E-state index in [0.717, 1.165) is 45.8 Å². The molecule has 190 valence electrons. The molecule has 0 saturated carbocycles. The molecule has 8 heteroatoms. The Morgan fingerprint density at radius 2 is 1.81 bits per heavy atom. The third-order valence-corrected chi connectivity index (χ3v) is 7.61. The van der Waals surface area contributed by atoms with Gasteiger partial charge < -0.3 is 14.2 Å². The molecule has 0 fully saturated rings. The lowest BCUT2D eigenvalue weighted by molar-refractivity contribution is 0.206. The highest BCUT2D eigenvalue weighted by Gasteiger charge is 2.27. The summed E-state index contributed by atoms with van der Waals surface area (Å²) in [6, 6.07) is 21.7. The van der Waals surface area contributed by atoms with Crippen LogP contribution in [0.5, 0.6) is 0 Å². The largest absolute Gasteiger partial charge is 0.383 e. The second-order valence-electron chi connectivity index (χ2n) is 9.77. The number of benzene rings is 2. The van der Waals surface area contributed by atoms with Gasteiger partial charge in [-0.3, -0.25) is 0 Å². The average molecular weight is 507 g/mol. The molecule has 4 rings (SSSR count). The lowest BCUT2D eigenvalue weighted by atomic mass is 9.94. The summed E-state index contributed by atoms with van der Waals surface area (Å²) in [7, 11) is 2.40. The number of hydrogen-bond acceptors (Lipinski definition) is 6. The number of para-hydroxylation sites is 1. The van der Waals surface area contributed by atoms with Gasteiger partial charge in [-0.1, -0.05) is 47.6 Å². The second kappa shape index (κ2) is 11.3. The Morgan fingerprint density at radius 3 is 2.58 bits per heavy atom. The Morgan fingerprint density at radius 1 is 1.06 bits per heavy atom. The van der Waals surface area contributed by atoms with E-state index in [1.54, 1.807) is 7.11 Å². The summed E-state index contributed by atoms with van der Waals surface area (Å²) in [5.74, 6) is 0.871. The summed E-state index contributed by atoms with van der Waals surface area (Å²) >= 11 is 0. The minimum Gasteiger partial charge on any atom is -0.383 e. The molecule has 0 bridgehead atoms. The number of aromatic nitrogens is 2. The van der Waals surface area contributed by atoms with Crippen molar-refractivity contribution in [2.75, 3.05) is 32.2 Å². The SMILES string of the molecule is COCCN(C)c1cccc(C[C@H](N[S@@](=O)C(C)(C)C)c2ccccc2-c2noc3ccccc23)n1. The van der Waals surface area contributed by atoms with Crippen LogP contribution in [0.1, 0.15) is 38.1 Å². The van der Waals surface area contributed by atoms with Gasteiger partial charge in [0.2, 0.25) is 0 Å². The minimum atomic E-state index is -1.29. The Hall–Kier alpha value is -3.07. The molecule has 0 radical (unpaired) electrons. The molecule has 0 saturated heterocycles. The number of rotatable bonds is 10. The van der Waals surface area contributed by atoms with Crippen molar-refractivity contribution in [3.63, 3.8) is 0 Å². The van der Waals surface area contributed by atoms with Gasteiger partial charge in [0.1, 0.15) is 11.5 Å². The molecule has 2 aromatic carbocycles. The molecule has 2 heterocycles. The molecule has 2 aromatic heterocycles. The Balaban J connectivity index is 1.74. The van der Waals surface area contributed by atoms with Gasteiger partial charge in [0.15, 0.2) is 5.58 Å². The standard InChI is InChI=1S/C28H34N4O3S/c1-28(2,3)36(33)31-24(19-20-11-10-16-26(29-20)32(4)17-18-34-5)21-12-6-7-13-22(21)27-23-14-8-9-15-25(23)35-30-27/h6-16,24,31H,17-19H2,1-5H3/t24-,36-/m0/s1. The average Bonchev–Trinajstić information content (AvgIpc) is 3.30. The molecular weight excluding hydrogens is 472 g/mol. The van der Waals surface area contributed by atoms with Crippen LogP contribution in [0.3, 0.4) is 0 Å². The van der Waals surface area contributed by atoms with Gasteiger partial charge in [0, 0.05) is 43.8 Å². The number of hydrogen-bond donors (Lipinski definition) is 1. The summed E-state index contributed by atoms with van der Waals surface area (Å²) in [6.45, 7) is 7.26. The third-order valence-electron chi connectivity index (χ3n) is 6.00. The zero-order valence-corrected chi connectivity index (χ0v) is 22.3. The van der Waals surface area contributed by atoms with E-state index in [-0.39, 0.29) is 6.04 Å². The second-order valence-corrected chi connectivity index (χ2v) is 11.8. The van der Waals surface area contributed by atoms with Crippen LogP contribution in [0.25, 0.3) is 22.2 Å². The van der Waals surface area contributed by atoms with E-state index in [4.69, 9.17) is 14.2 Å². The van der Waals surface area contributed by atoms with E-state index in [1.165, 1.54) is 0 Å². The topological polar surface area (TPSA) is 80.5 Å². The first-order valence-corrected chi connectivity index (χ1v) is 13.2. The summed E-state index contributed by atoms with van der Waals surface area (Å²) in [6.07, 6.45) is 0.556. The van der Waals surface area contributed by atoms with Crippen molar-refractivity contribution in [3.05, 3.63) is 78.0 Å². The first-order chi connectivity index (χ1) is 17.3. The lowest BCUT2D eigenvalue weighted by Gasteiger charge is -2.26. The molecule has 2 atom stereocenters. The zero-order chi connectivity index (χ0) is 25.7. The maximum atomic E-state index is 13.3. The van der Waals surface area contributed by atoms with Gasteiger partial charge in [0.05, 0.1) is 28.4 Å². The molecule has 1 N–H and O–H groups in total. The number of nitrogens with zero attached hydrogens (tertiary/aromatic N) is 3. The monoisotopic (exact) mass is 506 g/mol. The Labute approximate surface area is 215 Å². The van der Waals surface area contributed by atoms with Crippen LogP contribution >= 0.6 is 0 Å². The van der Waals surface area contributed by atoms with E-state index >= 15 is 0 Å². The smallest absolute Gasteiger partial charge is 0.167 e. The molecular formula is C28H34N4O3S. The maximum Gasteiger partial charge on any atom is 0.167 e. The first-order valence-electron chi connectivity index (χ1n) is 12.1. The van der Waals surface area contributed by atoms with Gasteiger partial charge in [-0.2, -0.15) is 0 Å². The minimum absolute atomic E-state index is 0.260. The molecule has 0 aliphatic carbocycles. The van der Waals surface area contributed by atoms with Crippen molar-refractivity contribution >= 4 is 27.8 Å². The van der Waals surface area contributed by atoms with Gasteiger partial charge in [0.25, 0.3) is 0 Å². The van der Waals surface area contributed by atoms with Crippen molar-refractivity contribution < 1.29 is 13.5 Å². The van der Waals surface area contributed by atoms with E-state index in [9.17, 15) is 4.21 Å². The normalized spacial score (nSPS) is 13.6. The van der Waals surface area contributed by atoms with Crippen molar-refractivity contribution in [1.82, 2.24) is 14.9 Å². The summed E-state index contributed by atoms with van der Waals surface area (Å²) < 4.78 is 27.1. The lowest BCUT2D eigenvalue weighted by Crippen LogP contribution is -2.37. The predicted molar refractivity (Wildman–Crippen MR) is 146 cm³/mol. The number of ether oxygens (including phenoxy) is 1. The molecule has 4 aromatic rings. The third kappa shape index (κ3) is 6.00. The van der Waals surface area contributed by atoms with E-state index < -0.39 is 15.7 Å². The zero-order valence-electron chi connectivity index (χ0n) is 21.5. The van der Waals surface area contributed by atoms with Gasteiger partial charge >= 0.3 is 0 Å². The fourth-order valence-electron chi connectivity index (χ4n) is 3.96. The van der Waals surface area contributed by atoms with Crippen molar-refractivity contribution in [2.24, 2.45) is 0 Å². The maximum absolute atomic E-state index is 13.3. The highest BCUT2D eigenvalue weighted by Crippen LogP contribution is 2.34. The summed E-state index contributed by atoms with van der Waals surface area (Å²) in [5.41, 5.74) is 4.35. The molecule has 0 aliphatic heterocycles. The van der Waals surface area contributed by atoms with Crippen LogP contribution < -0.4 is 9.62 Å². The summed E-state index contributed by atoms with van der Waals surface area (Å²) in [5, 5.41) is 5.34. The van der Waals surface area contributed by atoms with Crippen LogP contribution in [-0.4, -0.2) is 46.4 Å². The van der Waals surface area contributed by atoms with E-state index in [2.05, 4.69) is 20.8 Å². The van der Waals surface area contributed by atoms with Crippen LogP contribution in [-0.2, 0) is 22.1 Å². The van der Waals surface area contributed by atoms with Gasteiger partial charge in [-0.05, 0) is 50.6 Å². The number of methoxy groups -OCH3 is 1. The Bertz CT molecular complexity index is 1330. The Kier molecular flexibility index (Phi) is 8.18. The highest BCUT2D eigenvalue weighted by atomic mass is 32.2. The van der Waals surface area contributed by atoms with E-state index in [0.29, 0.717) is 13.0 Å². The number of anilines is 1. The summed E-state index contributed by atoms with van der Waals surface area (Å²) in [4.78, 5) is 6.97. The van der Waals surface area contributed by atoms with Gasteiger partial charge in [-0.15, -0.1) is 0 Å². The fraction of sp³-hybridized carbons (Fsp3) is 0.357. The molecule has 7 nitrogen and oxygen atoms in total. The van der Waals surface area contributed by atoms with Crippen molar-refractivity contribution in [2.45, 2.75) is 38.0 Å². The molecule has 0 aliphatic rings. The molecule has 0 amide bonds. The number of fused-ring (bicyclic) bond motifs is 1.